The second-order valence-electron chi connectivity index (χ2n) is 5.09. The van der Waals surface area contributed by atoms with Crippen LogP contribution in [-0.2, 0) is 0 Å². The lowest BCUT2D eigenvalue weighted by molar-refractivity contribution is 0.353. The SMILES string of the molecule is COc1cc(-c2cnc(N(C)C)nc2-c2cccs2)nc(OC)n1. The van der Waals surface area contributed by atoms with Gasteiger partial charge in [0.1, 0.15) is 0 Å². The van der Waals surface area contributed by atoms with Crippen molar-refractivity contribution in [3.8, 4) is 33.7 Å². The summed E-state index contributed by atoms with van der Waals surface area (Å²) in [6.07, 6.45) is 1.76. The zero-order valence-electron chi connectivity index (χ0n) is 13.8. The Balaban J connectivity index is 2.21. The molecular formula is C16H17N5O2S. The quantitative estimate of drug-likeness (QED) is 0.705. The van der Waals surface area contributed by atoms with Crippen LogP contribution in [0.1, 0.15) is 0 Å². The van der Waals surface area contributed by atoms with Gasteiger partial charge in [0.2, 0.25) is 11.8 Å². The molecule has 0 fully saturated rings. The van der Waals surface area contributed by atoms with E-state index in [9.17, 15) is 0 Å². The normalized spacial score (nSPS) is 10.5. The number of thiophene rings is 1. The highest BCUT2D eigenvalue weighted by Gasteiger charge is 2.16. The standard InChI is InChI=1S/C16H17N5O2S/c1-21(2)15-17-9-10(14(20-15)12-6-5-7-24-12)11-8-13(22-3)19-16(18-11)23-4/h5-9H,1-4H3. The van der Waals surface area contributed by atoms with Crippen molar-refractivity contribution in [3.63, 3.8) is 0 Å². The van der Waals surface area contributed by atoms with Crippen molar-refractivity contribution in [2.75, 3.05) is 33.2 Å². The summed E-state index contributed by atoms with van der Waals surface area (Å²) in [5.41, 5.74) is 2.25. The van der Waals surface area contributed by atoms with Crippen molar-refractivity contribution in [1.29, 1.82) is 0 Å². The zero-order chi connectivity index (χ0) is 17.1. The van der Waals surface area contributed by atoms with E-state index in [-0.39, 0.29) is 6.01 Å². The number of rotatable bonds is 5. The van der Waals surface area contributed by atoms with E-state index in [0.29, 0.717) is 17.5 Å². The van der Waals surface area contributed by atoms with E-state index in [4.69, 9.17) is 9.47 Å². The molecule has 124 valence electrons. The van der Waals surface area contributed by atoms with Crippen LogP contribution < -0.4 is 14.4 Å². The van der Waals surface area contributed by atoms with E-state index >= 15 is 0 Å². The lowest BCUT2D eigenvalue weighted by Gasteiger charge is -2.14. The maximum atomic E-state index is 5.23. The van der Waals surface area contributed by atoms with Crippen molar-refractivity contribution in [2.24, 2.45) is 0 Å². The van der Waals surface area contributed by atoms with Gasteiger partial charge in [-0.3, -0.25) is 0 Å². The fourth-order valence-corrected chi connectivity index (χ4v) is 2.84. The molecule has 0 aliphatic heterocycles. The molecular weight excluding hydrogens is 326 g/mol. The molecule has 3 heterocycles. The van der Waals surface area contributed by atoms with Gasteiger partial charge in [-0.05, 0) is 11.4 Å². The van der Waals surface area contributed by atoms with E-state index in [2.05, 4.69) is 19.9 Å². The molecule has 0 amide bonds. The minimum atomic E-state index is 0.234. The van der Waals surface area contributed by atoms with Gasteiger partial charge in [-0.25, -0.2) is 9.97 Å². The Bertz CT molecular complexity index is 814. The highest BCUT2D eigenvalue weighted by molar-refractivity contribution is 7.13. The summed E-state index contributed by atoms with van der Waals surface area (Å²) in [6.45, 7) is 0. The van der Waals surface area contributed by atoms with Crippen molar-refractivity contribution in [3.05, 3.63) is 29.8 Å². The zero-order valence-corrected chi connectivity index (χ0v) is 14.7. The smallest absolute Gasteiger partial charge is 0.320 e. The topological polar surface area (TPSA) is 73.3 Å². The number of ether oxygens (including phenoxy) is 2. The predicted molar refractivity (Wildman–Crippen MR) is 93.8 cm³/mol. The molecule has 0 spiro atoms. The van der Waals surface area contributed by atoms with Crippen molar-refractivity contribution < 1.29 is 9.47 Å². The third-order valence-electron chi connectivity index (χ3n) is 3.28. The molecule has 24 heavy (non-hydrogen) atoms. The number of hydrogen-bond acceptors (Lipinski definition) is 8. The number of aromatic nitrogens is 4. The van der Waals surface area contributed by atoms with Gasteiger partial charge in [-0.15, -0.1) is 11.3 Å². The Morgan fingerprint density at radius 2 is 1.92 bits per heavy atom. The summed E-state index contributed by atoms with van der Waals surface area (Å²) >= 11 is 1.61. The molecule has 3 aromatic rings. The lowest BCUT2D eigenvalue weighted by Crippen LogP contribution is -2.13. The number of anilines is 1. The van der Waals surface area contributed by atoms with Crippen LogP contribution in [0.2, 0.25) is 0 Å². The molecule has 7 nitrogen and oxygen atoms in total. The minimum absolute atomic E-state index is 0.234. The molecule has 0 saturated carbocycles. The van der Waals surface area contributed by atoms with Crippen LogP contribution in [0.4, 0.5) is 5.95 Å². The third kappa shape index (κ3) is 3.13. The molecule has 0 atom stereocenters. The minimum Gasteiger partial charge on any atom is -0.481 e. The first-order chi connectivity index (χ1) is 11.6. The van der Waals surface area contributed by atoms with Gasteiger partial charge in [0.25, 0.3) is 0 Å². The molecule has 0 N–H and O–H groups in total. The molecule has 0 aliphatic rings. The van der Waals surface area contributed by atoms with Crippen LogP contribution in [0, 0.1) is 0 Å². The maximum absolute atomic E-state index is 5.23. The average Bonchev–Trinajstić information content (AvgIpc) is 3.15. The maximum Gasteiger partial charge on any atom is 0.320 e. The first kappa shape index (κ1) is 16.1. The van der Waals surface area contributed by atoms with Crippen molar-refractivity contribution >= 4 is 17.3 Å². The van der Waals surface area contributed by atoms with Crippen molar-refractivity contribution in [2.45, 2.75) is 0 Å². The molecule has 0 saturated heterocycles. The summed E-state index contributed by atoms with van der Waals surface area (Å²) in [5, 5.41) is 2.01. The van der Waals surface area contributed by atoms with Crippen LogP contribution in [-0.4, -0.2) is 48.3 Å². The summed E-state index contributed by atoms with van der Waals surface area (Å²) in [4.78, 5) is 20.5. The predicted octanol–water partition coefficient (Wildman–Crippen LogP) is 2.75. The van der Waals surface area contributed by atoms with Gasteiger partial charge < -0.3 is 14.4 Å². The second kappa shape index (κ2) is 6.79. The second-order valence-corrected chi connectivity index (χ2v) is 6.03. The van der Waals surface area contributed by atoms with Crippen LogP contribution in [0.5, 0.6) is 11.9 Å². The van der Waals surface area contributed by atoms with Crippen LogP contribution in [0.25, 0.3) is 21.8 Å². The van der Waals surface area contributed by atoms with Crippen LogP contribution >= 0.6 is 11.3 Å². The Hall–Kier alpha value is -2.74. The summed E-state index contributed by atoms with van der Waals surface area (Å²) < 4.78 is 10.4. The summed E-state index contributed by atoms with van der Waals surface area (Å²) in [6, 6.07) is 5.99. The first-order valence-electron chi connectivity index (χ1n) is 7.18. The Morgan fingerprint density at radius 1 is 1.08 bits per heavy atom. The number of hydrogen-bond donors (Lipinski definition) is 0. The molecule has 0 unspecified atom stereocenters. The summed E-state index contributed by atoms with van der Waals surface area (Å²) in [7, 11) is 6.88. The van der Waals surface area contributed by atoms with Gasteiger partial charge in [-0.1, -0.05) is 6.07 Å². The number of methoxy groups -OCH3 is 2. The summed E-state index contributed by atoms with van der Waals surface area (Å²) in [5.74, 6) is 1.06. The van der Waals surface area contributed by atoms with Gasteiger partial charge >= 0.3 is 6.01 Å². The van der Waals surface area contributed by atoms with Crippen molar-refractivity contribution in [1.82, 2.24) is 19.9 Å². The lowest BCUT2D eigenvalue weighted by atomic mass is 10.1. The Morgan fingerprint density at radius 3 is 2.54 bits per heavy atom. The molecule has 0 aromatic carbocycles. The van der Waals surface area contributed by atoms with E-state index in [1.165, 1.54) is 7.11 Å². The van der Waals surface area contributed by atoms with Gasteiger partial charge in [0.05, 0.1) is 30.5 Å². The molecule has 3 aromatic heterocycles. The highest BCUT2D eigenvalue weighted by atomic mass is 32.1. The van der Waals surface area contributed by atoms with Gasteiger partial charge in [-0.2, -0.15) is 9.97 Å². The Labute approximate surface area is 144 Å². The average molecular weight is 343 g/mol. The fourth-order valence-electron chi connectivity index (χ4n) is 2.11. The molecule has 0 aliphatic carbocycles. The molecule has 0 radical (unpaired) electrons. The fraction of sp³-hybridized carbons (Fsp3) is 0.250. The van der Waals surface area contributed by atoms with Gasteiger partial charge in [0, 0.05) is 31.9 Å². The van der Waals surface area contributed by atoms with Gasteiger partial charge in [0.15, 0.2) is 0 Å². The largest absolute Gasteiger partial charge is 0.481 e. The van der Waals surface area contributed by atoms with E-state index in [0.717, 1.165) is 16.1 Å². The van der Waals surface area contributed by atoms with E-state index in [1.54, 1.807) is 30.7 Å². The highest BCUT2D eigenvalue weighted by Crippen LogP contribution is 2.34. The molecule has 0 bridgehead atoms. The van der Waals surface area contributed by atoms with Crippen LogP contribution in [0.15, 0.2) is 29.8 Å². The third-order valence-corrected chi connectivity index (χ3v) is 4.16. The monoisotopic (exact) mass is 343 g/mol. The molecule has 8 heteroatoms. The van der Waals surface area contributed by atoms with E-state index in [1.807, 2.05) is 36.5 Å². The molecule has 3 rings (SSSR count). The number of nitrogens with zero attached hydrogens (tertiary/aromatic N) is 5. The Kier molecular flexibility index (Phi) is 4.57. The van der Waals surface area contributed by atoms with E-state index < -0.39 is 0 Å². The van der Waals surface area contributed by atoms with Crippen LogP contribution in [0.3, 0.4) is 0 Å². The first-order valence-corrected chi connectivity index (χ1v) is 8.06.